The summed E-state index contributed by atoms with van der Waals surface area (Å²) in [5.74, 6) is 0.648. The first-order valence-corrected chi connectivity index (χ1v) is 7.06. The number of ether oxygens (including phenoxy) is 1. The molecule has 19 heavy (non-hydrogen) atoms. The average molecular weight is 325 g/mol. The van der Waals surface area contributed by atoms with Gasteiger partial charge in [-0.05, 0) is 41.9 Å². The van der Waals surface area contributed by atoms with E-state index in [1.54, 1.807) is 12.3 Å². The van der Waals surface area contributed by atoms with Crippen LogP contribution in [-0.4, -0.2) is 35.0 Å². The number of carbonyl (C=O) groups excluding carboxylic acids is 1. The fourth-order valence-electron chi connectivity index (χ4n) is 1.98. The van der Waals surface area contributed by atoms with E-state index in [1.807, 2.05) is 30.9 Å². The largest absolute Gasteiger partial charge is 0.472 e. The van der Waals surface area contributed by atoms with Crippen LogP contribution in [0.3, 0.4) is 0 Å². The van der Waals surface area contributed by atoms with Gasteiger partial charge in [-0.2, -0.15) is 0 Å². The number of hydrogen-bond acceptors (Lipinski definition) is 3. The van der Waals surface area contributed by atoms with Gasteiger partial charge in [0.2, 0.25) is 11.8 Å². The van der Waals surface area contributed by atoms with Gasteiger partial charge >= 0.3 is 0 Å². The molecular formula is C14H17BrN2O2. The first kappa shape index (κ1) is 14.1. The topological polar surface area (TPSA) is 42.4 Å². The number of aromatic nitrogens is 1. The lowest BCUT2D eigenvalue weighted by Gasteiger charge is -2.16. The highest BCUT2D eigenvalue weighted by molar-refractivity contribution is 9.10. The minimum absolute atomic E-state index is 0.0145. The van der Waals surface area contributed by atoms with Crippen molar-refractivity contribution in [3.05, 3.63) is 34.5 Å². The smallest absolute Gasteiger partial charge is 0.246 e. The van der Waals surface area contributed by atoms with E-state index in [0.717, 1.165) is 23.0 Å². The third-order valence-corrected chi connectivity index (χ3v) is 3.48. The molecule has 1 unspecified atom stereocenters. The van der Waals surface area contributed by atoms with Crippen molar-refractivity contribution in [1.29, 1.82) is 0 Å². The summed E-state index contributed by atoms with van der Waals surface area (Å²) in [4.78, 5) is 17.9. The van der Waals surface area contributed by atoms with Crippen molar-refractivity contribution >= 4 is 21.8 Å². The summed E-state index contributed by atoms with van der Waals surface area (Å²) in [5.41, 5.74) is 1.02. The zero-order valence-corrected chi connectivity index (χ0v) is 12.7. The molecule has 1 aromatic rings. The quantitative estimate of drug-likeness (QED) is 0.803. The van der Waals surface area contributed by atoms with E-state index in [2.05, 4.69) is 20.9 Å². The number of pyridine rings is 1. The van der Waals surface area contributed by atoms with E-state index in [0.29, 0.717) is 12.4 Å². The van der Waals surface area contributed by atoms with Gasteiger partial charge in [-0.3, -0.25) is 4.79 Å². The molecule has 2 heterocycles. The number of hydrogen-bond donors (Lipinski definition) is 0. The molecule has 1 aromatic heterocycles. The van der Waals surface area contributed by atoms with Crippen LogP contribution in [0, 0.1) is 0 Å². The molecule has 0 aliphatic carbocycles. The molecule has 1 amide bonds. The molecule has 0 aromatic carbocycles. The minimum Gasteiger partial charge on any atom is -0.472 e. The van der Waals surface area contributed by atoms with Gasteiger partial charge in [-0.15, -0.1) is 0 Å². The molecule has 4 nitrogen and oxygen atoms in total. The molecular weight excluding hydrogens is 308 g/mol. The number of nitrogens with zero attached hydrogens (tertiary/aromatic N) is 2. The summed E-state index contributed by atoms with van der Waals surface area (Å²) in [6.45, 7) is 5.20. The second kappa shape index (κ2) is 6.19. The lowest BCUT2D eigenvalue weighted by Crippen LogP contribution is -2.29. The number of carbonyl (C=O) groups is 1. The summed E-state index contributed by atoms with van der Waals surface area (Å²) in [6.07, 6.45) is 4.21. The molecule has 1 fully saturated rings. The molecule has 0 spiro atoms. The minimum atomic E-state index is 0.0145. The van der Waals surface area contributed by atoms with Crippen LogP contribution in [0.1, 0.15) is 20.3 Å². The number of halogens is 1. The Morgan fingerprint density at radius 1 is 1.58 bits per heavy atom. The van der Waals surface area contributed by atoms with Crippen LogP contribution < -0.4 is 4.74 Å². The summed E-state index contributed by atoms with van der Waals surface area (Å²) >= 11 is 3.40. The van der Waals surface area contributed by atoms with Gasteiger partial charge in [-0.1, -0.05) is 5.57 Å². The van der Waals surface area contributed by atoms with Crippen molar-refractivity contribution in [1.82, 2.24) is 9.88 Å². The lowest BCUT2D eigenvalue weighted by molar-refractivity contribution is -0.125. The van der Waals surface area contributed by atoms with E-state index in [4.69, 9.17) is 4.74 Å². The van der Waals surface area contributed by atoms with Crippen LogP contribution >= 0.6 is 15.9 Å². The predicted molar refractivity (Wildman–Crippen MR) is 77.0 cm³/mol. The van der Waals surface area contributed by atoms with Crippen LogP contribution in [0.15, 0.2) is 34.5 Å². The second-order valence-corrected chi connectivity index (χ2v) is 5.68. The van der Waals surface area contributed by atoms with Crippen molar-refractivity contribution in [3.63, 3.8) is 0 Å². The Morgan fingerprint density at radius 3 is 3.05 bits per heavy atom. The number of likely N-dealkylation sites (tertiary alicyclic amines) is 1. The highest BCUT2D eigenvalue weighted by Crippen LogP contribution is 2.24. The van der Waals surface area contributed by atoms with Crippen molar-refractivity contribution in [2.45, 2.75) is 26.4 Å². The Kier molecular flexibility index (Phi) is 4.58. The molecule has 5 heteroatoms. The standard InChI is InChI=1S/C14H17BrN2O2/c1-10(2)8-13(18)17-7-5-11(9-17)19-14-12(15)4-3-6-16-14/h3-4,6,8,11H,5,7,9H2,1-2H3. The van der Waals surface area contributed by atoms with Gasteiger partial charge < -0.3 is 9.64 Å². The Labute approximate surface area is 121 Å². The Bertz CT molecular complexity index is 498. The maximum absolute atomic E-state index is 11.9. The van der Waals surface area contributed by atoms with Gasteiger partial charge in [0.1, 0.15) is 6.10 Å². The predicted octanol–water partition coefficient (Wildman–Crippen LogP) is 2.79. The number of allylic oxidation sites excluding steroid dienone is 1. The molecule has 1 atom stereocenters. The first-order chi connectivity index (χ1) is 9.06. The van der Waals surface area contributed by atoms with Gasteiger partial charge in [0, 0.05) is 25.2 Å². The summed E-state index contributed by atoms with van der Waals surface area (Å²) in [6, 6.07) is 3.74. The maximum atomic E-state index is 11.9. The maximum Gasteiger partial charge on any atom is 0.246 e. The van der Waals surface area contributed by atoms with Crippen LogP contribution in [0.25, 0.3) is 0 Å². The molecule has 0 radical (unpaired) electrons. The number of amides is 1. The van der Waals surface area contributed by atoms with Crippen LogP contribution in [0.4, 0.5) is 0 Å². The molecule has 1 saturated heterocycles. The van der Waals surface area contributed by atoms with Crippen LogP contribution in [0.5, 0.6) is 5.88 Å². The SMILES string of the molecule is CC(C)=CC(=O)N1CCC(Oc2ncccc2Br)C1. The summed E-state index contributed by atoms with van der Waals surface area (Å²) in [7, 11) is 0. The van der Waals surface area contributed by atoms with Crippen molar-refractivity contribution < 1.29 is 9.53 Å². The molecule has 1 aliphatic heterocycles. The Hall–Kier alpha value is -1.36. The first-order valence-electron chi connectivity index (χ1n) is 6.27. The van der Waals surface area contributed by atoms with Gasteiger partial charge in [-0.25, -0.2) is 4.98 Å². The van der Waals surface area contributed by atoms with E-state index in [9.17, 15) is 4.79 Å². The van der Waals surface area contributed by atoms with E-state index < -0.39 is 0 Å². The highest BCUT2D eigenvalue weighted by Gasteiger charge is 2.27. The van der Waals surface area contributed by atoms with E-state index in [-0.39, 0.29) is 12.0 Å². The zero-order chi connectivity index (χ0) is 13.8. The van der Waals surface area contributed by atoms with Gasteiger partial charge in [0.15, 0.2) is 0 Å². The molecule has 0 bridgehead atoms. The average Bonchev–Trinajstić information content (AvgIpc) is 2.80. The molecule has 0 N–H and O–H groups in total. The summed E-state index contributed by atoms with van der Waals surface area (Å²) in [5, 5.41) is 0. The fraction of sp³-hybridized carbons (Fsp3) is 0.429. The normalized spacial score (nSPS) is 18.3. The van der Waals surface area contributed by atoms with Gasteiger partial charge in [0.05, 0.1) is 11.0 Å². The number of rotatable bonds is 3. The zero-order valence-electron chi connectivity index (χ0n) is 11.1. The third-order valence-electron chi connectivity index (χ3n) is 2.87. The lowest BCUT2D eigenvalue weighted by atomic mass is 10.3. The monoisotopic (exact) mass is 324 g/mol. The molecule has 2 rings (SSSR count). The fourth-order valence-corrected chi connectivity index (χ4v) is 2.33. The van der Waals surface area contributed by atoms with Crippen molar-refractivity contribution in [2.75, 3.05) is 13.1 Å². The van der Waals surface area contributed by atoms with E-state index >= 15 is 0 Å². The van der Waals surface area contributed by atoms with Crippen molar-refractivity contribution in [3.8, 4) is 5.88 Å². The van der Waals surface area contributed by atoms with Crippen LogP contribution in [-0.2, 0) is 4.79 Å². The van der Waals surface area contributed by atoms with E-state index in [1.165, 1.54) is 0 Å². The molecule has 1 aliphatic rings. The van der Waals surface area contributed by atoms with Gasteiger partial charge in [0.25, 0.3) is 0 Å². The molecule has 102 valence electrons. The van der Waals surface area contributed by atoms with Crippen molar-refractivity contribution in [2.24, 2.45) is 0 Å². The second-order valence-electron chi connectivity index (χ2n) is 4.82. The Morgan fingerprint density at radius 2 is 2.37 bits per heavy atom. The molecule has 0 saturated carbocycles. The third kappa shape index (κ3) is 3.80. The Balaban J connectivity index is 1.94. The highest BCUT2D eigenvalue weighted by atomic mass is 79.9. The van der Waals surface area contributed by atoms with Crippen LogP contribution in [0.2, 0.25) is 0 Å². The summed E-state index contributed by atoms with van der Waals surface area (Å²) < 4.78 is 6.66.